The number of nitrogens with one attached hydrogen (secondary N) is 2. The Balaban J connectivity index is 1.99. The molecule has 1 aromatic heterocycles. The molecule has 1 aliphatic carbocycles. The summed E-state index contributed by atoms with van der Waals surface area (Å²) in [6.45, 7) is 0.741. The van der Waals surface area contributed by atoms with Crippen molar-refractivity contribution in [2.75, 3.05) is 25.2 Å². The van der Waals surface area contributed by atoms with Crippen LogP contribution in [-0.2, 0) is 0 Å². The van der Waals surface area contributed by atoms with Crippen molar-refractivity contribution in [1.29, 1.82) is 0 Å². The van der Waals surface area contributed by atoms with E-state index < -0.39 is 0 Å². The van der Waals surface area contributed by atoms with Crippen LogP contribution in [0.2, 0.25) is 0 Å². The van der Waals surface area contributed by atoms with Gasteiger partial charge in [-0.15, -0.1) is 0 Å². The van der Waals surface area contributed by atoms with E-state index in [1.54, 1.807) is 25.4 Å². The van der Waals surface area contributed by atoms with Gasteiger partial charge in [-0.3, -0.25) is 4.79 Å². The van der Waals surface area contributed by atoms with Gasteiger partial charge in [0, 0.05) is 24.5 Å². The number of rotatable bonds is 5. The topological polar surface area (TPSA) is 54.0 Å². The van der Waals surface area contributed by atoms with Crippen LogP contribution in [0.25, 0.3) is 0 Å². The molecule has 18 heavy (non-hydrogen) atoms. The van der Waals surface area contributed by atoms with Gasteiger partial charge in [0.15, 0.2) is 0 Å². The highest BCUT2D eigenvalue weighted by Gasteiger charge is 2.36. The van der Waals surface area contributed by atoms with Gasteiger partial charge in [0.05, 0.1) is 5.56 Å². The van der Waals surface area contributed by atoms with Crippen LogP contribution in [0, 0.1) is 0 Å². The predicted molar refractivity (Wildman–Crippen MR) is 76.2 cm³/mol. The zero-order valence-corrected chi connectivity index (χ0v) is 11.6. The average molecular weight is 265 g/mol. The lowest BCUT2D eigenvalue weighted by Gasteiger charge is -2.40. The molecule has 0 bridgehead atoms. The summed E-state index contributed by atoms with van der Waals surface area (Å²) in [5.74, 6) is 0.578. The van der Waals surface area contributed by atoms with E-state index in [0.717, 1.165) is 6.54 Å². The van der Waals surface area contributed by atoms with E-state index in [9.17, 15) is 4.79 Å². The van der Waals surface area contributed by atoms with Gasteiger partial charge >= 0.3 is 0 Å². The summed E-state index contributed by atoms with van der Waals surface area (Å²) in [5.41, 5.74) is 0.607. The smallest absolute Gasteiger partial charge is 0.255 e. The van der Waals surface area contributed by atoms with E-state index in [-0.39, 0.29) is 10.7 Å². The Kier molecular flexibility index (Phi) is 4.11. The minimum atomic E-state index is -0.0484. The summed E-state index contributed by atoms with van der Waals surface area (Å²) in [4.78, 5) is 16.3. The van der Waals surface area contributed by atoms with Crippen molar-refractivity contribution in [1.82, 2.24) is 10.3 Å². The molecule has 1 amide bonds. The van der Waals surface area contributed by atoms with E-state index in [4.69, 9.17) is 0 Å². The summed E-state index contributed by atoms with van der Waals surface area (Å²) in [5, 5.41) is 5.97. The minimum absolute atomic E-state index is 0.0484. The highest BCUT2D eigenvalue weighted by molar-refractivity contribution is 8.00. The van der Waals surface area contributed by atoms with E-state index in [2.05, 4.69) is 21.9 Å². The lowest BCUT2D eigenvalue weighted by atomic mass is 9.84. The Morgan fingerprint density at radius 3 is 2.89 bits per heavy atom. The lowest BCUT2D eigenvalue weighted by Crippen LogP contribution is -2.45. The number of pyridine rings is 1. The largest absolute Gasteiger partial charge is 0.372 e. The Morgan fingerprint density at radius 2 is 2.33 bits per heavy atom. The molecular weight excluding hydrogens is 246 g/mol. The highest BCUT2D eigenvalue weighted by atomic mass is 32.2. The van der Waals surface area contributed by atoms with Gasteiger partial charge in [0.2, 0.25) is 0 Å². The Morgan fingerprint density at radius 1 is 1.56 bits per heavy atom. The molecular formula is C13H19N3OS. The molecule has 5 heteroatoms. The molecule has 0 saturated heterocycles. The summed E-state index contributed by atoms with van der Waals surface area (Å²) < 4.78 is 0.262. The van der Waals surface area contributed by atoms with Crippen molar-refractivity contribution in [3.8, 4) is 0 Å². The summed E-state index contributed by atoms with van der Waals surface area (Å²) in [6, 6.07) is 3.57. The molecule has 98 valence electrons. The second kappa shape index (κ2) is 5.61. The number of anilines is 1. The number of nitrogens with zero attached hydrogens (tertiary/aromatic N) is 1. The van der Waals surface area contributed by atoms with Gasteiger partial charge < -0.3 is 10.6 Å². The van der Waals surface area contributed by atoms with Crippen LogP contribution in [0.3, 0.4) is 0 Å². The van der Waals surface area contributed by atoms with Crippen molar-refractivity contribution in [2.24, 2.45) is 0 Å². The predicted octanol–water partition coefficient (Wildman–Crippen LogP) is 2.14. The first-order chi connectivity index (χ1) is 8.71. The fourth-order valence-corrected chi connectivity index (χ4v) is 3.06. The van der Waals surface area contributed by atoms with E-state index in [1.807, 2.05) is 11.8 Å². The molecule has 0 aromatic carbocycles. The maximum Gasteiger partial charge on any atom is 0.255 e. The molecule has 0 spiro atoms. The van der Waals surface area contributed by atoms with E-state index in [0.29, 0.717) is 11.4 Å². The molecule has 4 nitrogen and oxygen atoms in total. The highest BCUT2D eigenvalue weighted by Crippen LogP contribution is 2.42. The van der Waals surface area contributed by atoms with Crippen LogP contribution in [0.4, 0.5) is 5.82 Å². The second-order valence-electron chi connectivity index (χ2n) is 4.57. The maximum absolute atomic E-state index is 12.1. The van der Waals surface area contributed by atoms with Gasteiger partial charge in [0.25, 0.3) is 5.91 Å². The monoisotopic (exact) mass is 265 g/mol. The first-order valence-electron chi connectivity index (χ1n) is 6.17. The summed E-state index contributed by atoms with van der Waals surface area (Å²) >= 11 is 1.86. The molecule has 2 N–H and O–H groups in total. The molecule has 1 fully saturated rings. The van der Waals surface area contributed by atoms with E-state index in [1.165, 1.54) is 19.3 Å². The first kappa shape index (κ1) is 13.2. The second-order valence-corrected chi connectivity index (χ2v) is 5.85. The molecule has 1 aromatic rings. The fourth-order valence-electron chi connectivity index (χ4n) is 2.15. The van der Waals surface area contributed by atoms with Crippen molar-refractivity contribution in [3.63, 3.8) is 0 Å². The van der Waals surface area contributed by atoms with Crippen LogP contribution in [0.5, 0.6) is 0 Å². The normalized spacial score (nSPS) is 16.8. The molecule has 1 aliphatic rings. The molecule has 2 rings (SSSR count). The fraction of sp³-hybridized carbons (Fsp3) is 0.538. The molecule has 1 saturated carbocycles. The third kappa shape index (κ3) is 2.61. The number of hydrogen-bond acceptors (Lipinski definition) is 4. The minimum Gasteiger partial charge on any atom is -0.372 e. The first-order valence-corrected chi connectivity index (χ1v) is 7.39. The number of carbonyl (C=O) groups is 1. The molecule has 0 radical (unpaired) electrons. The quantitative estimate of drug-likeness (QED) is 0.856. The van der Waals surface area contributed by atoms with Crippen molar-refractivity contribution < 1.29 is 4.79 Å². The standard InChI is InChI=1S/C13H19N3OS/c1-14-11-10(5-3-8-15-11)12(17)16-9-13(18-2)6-4-7-13/h3,5,8H,4,6-7,9H2,1-2H3,(H,14,15)(H,16,17). The van der Waals surface area contributed by atoms with Crippen molar-refractivity contribution >= 4 is 23.5 Å². The van der Waals surface area contributed by atoms with Gasteiger partial charge in [-0.05, 0) is 31.2 Å². The van der Waals surface area contributed by atoms with Crippen LogP contribution >= 0.6 is 11.8 Å². The zero-order valence-electron chi connectivity index (χ0n) is 10.8. The molecule has 1 heterocycles. The number of carbonyl (C=O) groups excluding carboxylic acids is 1. The number of hydrogen-bond donors (Lipinski definition) is 2. The molecule has 0 unspecified atom stereocenters. The SMILES string of the molecule is CNc1ncccc1C(=O)NCC1(SC)CCC1. The van der Waals surface area contributed by atoms with E-state index >= 15 is 0 Å². The average Bonchev–Trinajstić information content (AvgIpc) is 2.37. The zero-order chi connectivity index (χ0) is 13.0. The third-order valence-electron chi connectivity index (χ3n) is 3.56. The lowest BCUT2D eigenvalue weighted by molar-refractivity contribution is 0.0944. The van der Waals surface area contributed by atoms with Crippen LogP contribution < -0.4 is 10.6 Å². The van der Waals surface area contributed by atoms with Crippen LogP contribution in [-0.4, -0.2) is 35.5 Å². The Hall–Kier alpha value is -1.23. The van der Waals surface area contributed by atoms with Gasteiger partial charge in [-0.2, -0.15) is 11.8 Å². The molecule has 0 aliphatic heterocycles. The van der Waals surface area contributed by atoms with Crippen molar-refractivity contribution in [2.45, 2.75) is 24.0 Å². The Bertz CT molecular complexity index is 426. The van der Waals surface area contributed by atoms with Gasteiger partial charge in [-0.1, -0.05) is 6.42 Å². The Labute approximate surface area is 112 Å². The van der Waals surface area contributed by atoms with Gasteiger partial charge in [0.1, 0.15) is 5.82 Å². The summed E-state index contributed by atoms with van der Waals surface area (Å²) in [6.07, 6.45) is 7.46. The van der Waals surface area contributed by atoms with Crippen molar-refractivity contribution in [3.05, 3.63) is 23.9 Å². The van der Waals surface area contributed by atoms with Crippen LogP contribution in [0.15, 0.2) is 18.3 Å². The number of amides is 1. The third-order valence-corrected chi connectivity index (χ3v) is 4.98. The molecule has 0 atom stereocenters. The number of thioether (sulfide) groups is 1. The van der Waals surface area contributed by atoms with Crippen LogP contribution in [0.1, 0.15) is 29.6 Å². The van der Waals surface area contributed by atoms with Gasteiger partial charge in [-0.25, -0.2) is 4.98 Å². The maximum atomic E-state index is 12.1. The number of aromatic nitrogens is 1. The summed E-state index contributed by atoms with van der Waals surface area (Å²) in [7, 11) is 1.77.